The fourth-order valence-corrected chi connectivity index (χ4v) is 4.08. The van der Waals surface area contributed by atoms with Crippen LogP contribution in [0.3, 0.4) is 0 Å². The lowest BCUT2D eigenvalue weighted by Gasteiger charge is -2.35. The van der Waals surface area contributed by atoms with Gasteiger partial charge in [-0.15, -0.1) is 0 Å². The first-order valence-electron chi connectivity index (χ1n) is 12.7. The lowest BCUT2D eigenvalue weighted by atomic mass is 9.99. The van der Waals surface area contributed by atoms with Gasteiger partial charge in [-0.2, -0.15) is 0 Å². The number of benzene rings is 1. The highest BCUT2D eigenvalue weighted by atomic mass is 16.6. The molecule has 1 saturated carbocycles. The van der Waals surface area contributed by atoms with Gasteiger partial charge in [-0.1, -0.05) is 38.1 Å². The molecular formula is C27H42N4O5. The van der Waals surface area contributed by atoms with E-state index in [2.05, 4.69) is 10.6 Å². The average Bonchev–Trinajstić information content (AvgIpc) is 3.48. The highest BCUT2D eigenvalue weighted by Crippen LogP contribution is 2.41. The van der Waals surface area contributed by atoms with Crippen LogP contribution in [-0.4, -0.2) is 52.4 Å². The number of amides is 4. The molecule has 0 saturated heterocycles. The quantitative estimate of drug-likeness (QED) is 0.428. The third-order valence-electron chi connectivity index (χ3n) is 6.01. The highest BCUT2D eigenvalue weighted by Gasteiger charge is 2.48. The standard InChI is InChI=1S/C27H42N4O5/c1-8-18-9-11-19(12-10-18)23(24(33)29-16(2)3)31(21-15-17(21)4)25(34)20(13-14-22(28)32)30-26(35)36-27(5,6)7/h9-12,16-17,20-21,23H,8,13-15H2,1-7H3,(H2,28,32)(H,29,33)(H,30,35). The molecule has 0 aliphatic heterocycles. The van der Waals surface area contributed by atoms with Crippen LogP contribution in [0.25, 0.3) is 0 Å². The molecule has 200 valence electrons. The second-order valence-corrected chi connectivity index (χ2v) is 10.9. The Bertz CT molecular complexity index is 938. The van der Waals surface area contributed by atoms with Crippen LogP contribution in [0.4, 0.5) is 4.79 Å². The number of carbonyl (C=O) groups is 4. The topological polar surface area (TPSA) is 131 Å². The molecule has 2 rings (SSSR count). The summed E-state index contributed by atoms with van der Waals surface area (Å²) < 4.78 is 5.36. The van der Waals surface area contributed by atoms with Crippen LogP contribution in [0.2, 0.25) is 0 Å². The predicted molar refractivity (Wildman–Crippen MR) is 138 cm³/mol. The predicted octanol–water partition coefficient (Wildman–Crippen LogP) is 3.21. The van der Waals surface area contributed by atoms with E-state index in [1.54, 1.807) is 25.7 Å². The highest BCUT2D eigenvalue weighted by molar-refractivity contribution is 5.93. The number of primary amides is 1. The summed E-state index contributed by atoms with van der Waals surface area (Å²) in [6, 6.07) is 5.37. The molecule has 0 aromatic heterocycles. The van der Waals surface area contributed by atoms with Crippen molar-refractivity contribution < 1.29 is 23.9 Å². The number of ether oxygens (including phenoxy) is 1. The molecule has 4 N–H and O–H groups in total. The Kier molecular flexibility index (Phi) is 9.90. The van der Waals surface area contributed by atoms with Gasteiger partial charge in [-0.25, -0.2) is 4.79 Å². The number of rotatable bonds is 11. The zero-order chi connectivity index (χ0) is 27.2. The third kappa shape index (κ3) is 8.53. The van der Waals surface area contributed by atoms with Gasteiger partial charge < -0.3 is 26.0 Å². The molecular weight excluding hydrogens is 460 g/mol. The van der Waals surface area contributed by atoms with E-state index in [1.807, 2.05) is 52.0 Å². The smallest absolute Gasteiger partial charge is 0.408 e. The van der Waals surface area contributed by atoms with Gasteiger partial charge in [0.25, 0.3) is 0 Å². The van der Waals surface area contributed by atoms with Gasteiger partial charge in [0.05, 0.1) is 0 Å². The van der Waals surface area contributed by atoms with E-state index in [0.717, 1.165) is 18.4 Å². The number of hydrogen-bond donors (Lipinski definition) is 3. The van der Waals surface area contributed by atoms with Crippen LogP contribution in [0, 0.1) is 5.92 Å². The summed E-state index contributed by atoms with van der Waals surface area (Å²) in [5, 5.41) is 5.56. The minimum atomic E-state index is -1.08. The molecule has 1 aromatic rings. The lowest BCUT2D eigenvalue weighted by Crippen LogP contribution is -2.54. The number of nitrogens with zero attached hydrogens (tertiary/aromatic N) is 1. The Morgan fingerprint density at radius 3 is 2.14 bits per heavy atom. The van der Waals surface area contributed by atoms with Crippen LogP contribution in [0.15, 0.2) is 24.3 Å². The molecule has 1 aliphatic carbocycles. The largest absolute Gasteiger partial charge is 0.444 e. The first kappa shape index (κ1) is 29.1. The second kappa shape index (κ2) is 12.2. The Labute approximate surface area is 214 Å². The zero-order valence-electron chi connectivity index (χ0n) is 22.6. The van der Waals surface area contributed by atoms with Crippen molar-refractivity contribution in [1.29, 1.82) is 0 Å². The molecule has 9 nitrogen and oxygen atoms in total. The van der Waals surface area contributed by atoms with Gasteiger partial charge in [-0.3, -0.25) is 14.4 Å². The van der Waals surface area contributed by atoms with E-state index in [9.17, 15) is 19.2 Å². The molecule has 4 atom stereocenters. The molecule has 0 spiro atoms. The monoisotopic (exact) mass is 502 g/mol. The van der Waals surface area contributed by atoms with Gasteiger partial charge in [-0.05, 0) is 70.9 Å². The summed E-state index contributed by atoms with van der Waals surface area (Å²) in [5.41, 5.74) is 6.38. The lowest BCUT2D eigenvalue weighted by molar-refractivity contribution is -0.144. The van der Waals surface area contributed by atoms with Gasteiger partial charge >= 0.3 is 6.09 Å². The number of alkyl carbamates (subject to hydrolysis) is 1. The fraction of sp³-hybridized carbons (Fsp3) is 0.630. The molecule has 1 aromatic carbocycles. The van der Waals surface area contributed by atoms with E-state index in [4.69, 9.17) is 10.5 Å². The molecule has 36 heavy (non-hydrogen) atoms. The summed E-state index contributed by atoms with van der Waals surface area (Å²) in [6.07, 6.45) is 0.705. The van der Waals surface area contributed by atoms with Gasteiger partial charge in [0.1, 0.15) is 17.7 Å². The first-order valence-corrected chi connectivity index (χ1v) is 12.7. The SMILES string of the molecule is CCc1ccc(C(C(=O)NC(C)C)N(C(=O)C(CCC(N)=O)NC(=O)OC(C)(C)C)C2CC2C)cc1. The maximum absolute atomic E-state index is 14.0. The third-order valence-corrected chi connectivity index (χ3v) is 6.01. The van der Waals surface area contributed by atoms with Gasteiger partial charge in [0.2, 0.25) is 17.7 Å². The minimum Gasteiger partial charge on any atom is -0.444 e. The number of aryl methyl sites for hydroxylation is 1. The maximum atomic E-state index is 14.0. The molecule has 0 bridgehead atoms. The molecule has 9 heteroatoms. The Morgan fingerprint density at radius 1 is 1.11 bits per heavy atom. The van der Waals surface area contributed by atoms with E-state index < -0.39 is 35.6 Å². The summed E-state index contributed by atoms with van der Waals surface area (Å²) in [7, 11) is 0. The van der Waals surface area contributed by atoms with Crippen molar-refractivity contribution in [2.75, 3.05) is 0 Å². The number of nitrogens with two attached hydrogens (primary N) is 1. The minimum absolute atomic E-state index is 0.00168. The van der Waals surface area contributed by atoms with Crippen molar-refractivity contribution in [3.05, 3.63) is 35.4 Å². The maximum Gasteiger partial charge on any atom is 0.408 e. The summed E-state index contributed by atoms with van der Waals surface area (Å²) in [5.74, 6) is -1.14. The Balaban J connectivity index is 2.48. The van der Waals surface area contributed by atoms with Crippen molar-refractivity contribution in [3.63, 3.8) is 0 Å². The Morgan fingerprint density at radius 2 is 1.69 bits per heavy atom. The van der Waals surface area contributed by atoms with E-state index in [-0.39, 0.29) is 36.8 Å². The van der Waals surface area contributed by atoms with Crippen LogP contribution in [0.5, 0.6) is 0 Å². The van der Waals surface area contributed by atoms with Crippen LogP contribution >= 0.6 is 0 Å². The fourth-order valence-electron chi connectivity index (χ4n) is 4.08. The van der Waals surface area contributed by atoms with E-state index >= 15 is 0 Å². The normalized spacial score (nSPS) is 18.7. The molecule has 0 radical (unpaired) electrons. The van der Waals surface area contributed by atoms with Crippen molar-refractivity contribution in [2.45, 2.75) is 104 Å². The molecule has 4 unspecified atom stereocenters. The van der Waals surface area contributed by atoms with Crippen LogP contribution in [0.1, 0.15) is 84.9 Å². The average molecular weight is 503 g/mol. The van der Waals surface area contributed by atoms with Crippen molar-refractivity contribution in [1.82, 2.24) is 15.5 Å². The molecule has 1 fully saturated rings. The Hall–Kier alpha value is -3.10. The summed E-state index contributed by atoms with van der Waals surface area (Å²) >= 11 is 0. The summed E-state index contributed by atoms with van der Waals surface area (Å²) in [4.78, 5) is 53.2. The number of nitrogens with one attached hydrogen (secondary N) is 2. The summed E-state index contributed by atoms with van der Waals surface area (Å²) in [6.45, 7) is 12.9. The molecule has 4 amide bonds. The number of carbonyl (C=O) groups excluding carboxylic acids is 4. The zero-order valence-corrected chi connectivity index (χ0v) is 22.6. The van der Waals surface area contributed by atoms with Crippen molar-refractivity contribution in [3.8, 4) is 0 Å². The molecule has 0 heterocycles. The van der Waals surface area contributed by atoms with E-state index in [1.165, 1.54) is 0 Å². The van der Waals surface area contributed by atoms with Gasteiger partial charge in [0.15, 0.2) is 0 Å². The number of hydrogen-bond acceptors (Lipinski definition) is 5. The van der Waals surface area contributed by atoms with Gasteiger partial charge in [0, 0.05) is 18.5 Å². The van der Waals surface area contributed by atoms with Crippen LogP contribution in [-0.2, 0) is 25.5 Å². The van der Waals surface area contributed by atoms with Crippen molar-refractivity contribution in [2.24, 2.45) is 11.7 Å². The second-order valence-electron chi connectivity index (χ2n) is 10.9. The van der Waals surface area contributed by atoms with Crippen LogP contribution < -0.4 is 16.4 Å². The van der Waals surface area contributed by atoms with Crippen molar-refractivity contribution >= 4 is 23.8 Å². The van der Waals surface area contributed by atoms with E-state index in [0.29, 0.717) is 5.56 Å². The molecule has 1 aliphatic rings. The first-order chi connectivity index (χ1) is 16.7.